The van der Waals surface area contributed by atoms with Crippen molar-refractivity contribution in [3.8, 4) is 11.4 Å². The molecule has 0 N–H and O–H groups in total. The molecule has 1 unspecified atom stereocenters. The second-order valence-electron chi connectivity index (χ2n) is 4.93. The summed E-state index contributed by atoms with van der Waals surface area (Å²) in [7, 11) is 1.39. The highest BCUT2D eigenvalue weighted by molar-refractivity contribution is 9.10. The van der Waals surface area contributed by atoms with Crippen molar-refractivity contribution in [3.63, 3.8) is 0 Å². The van der Waals surface area contributed by atoms with Gasteiger partial charge in [-0.15, -0.1) is 10.2 Å². The van der Waals surface area contributed by atoms with Gasteiger partial charge in [0.05, 0.1) is 13.0 Å². The number of carbonyl (C=O) groups is 1. The molecule has 0 aliphatic carbocycles. The van der Waals surface area contributed by atoms with Gasteiger partial charge in [0, 0.05) is 23.0 Å². The first-order chi connectivity index (χ1) is 10.1. The topological polar surface area (TPSA) is 57.0 Å². The number of hydrogen-bond acceptors (Lipinski definition) is 4. The quantitative estimate of drug-likeness (QED) is 0.778. The van der Waals surface area contributed by atoms with Gasteiger partial charge in [0.1, 0.15) is 11.6 Å². The summed E-state index contributed by atoms with van der Waals surface area (Å²) in [6, 6.07) is 4.46. The molecule has 3 rings (SSSR count). The van der Waals surface area contributed by atoms with E-state index >= 15 is 0 Å². The van der Waals surface area contributed by atoms with Gasteiger partial charge in [0.2, 0.25) is 0 Å². The number of carbonyl (C=O) groups excluding carboxylic acids is 1. The molecule has 1 aliphatic rings. The minimum absolute atomic E-state index is 0.170. The minimum atomic E-state index is -0.310. The number of nitrogens with zero attached hydrogens (tertiary/aromatic N) is 3. The van der Waals surface area contributed by atoms with Crippen molar-refractivity contribution in [3.05, 3.63) is 34.3 Å². The van der Waals surface area contributed by atoms with Crippen LogP contribution in [0.25, 0.3) is 11.4 Å². The molecule has 1 aromatic carbocycles. The van der Waals surface area contributed by atoms with Crippen molar-refractivity contribution < 1.29 is 13.9 Å². The van der Waals surface area contributed by atoms with Crippen molar-refractivity contribution in [1.82, 2.24) is 14.8 Å². The van der Waals surface area contributed by atoms with Crippen LogP contribution in [0.15, 0.2) is 22.7 Å². The fourth-order valence-corrected chi connectivity index (χ4v) is 3.09. The van der Waals surface area contributed by atoms with Crippen LogP contribution in [-0.4, -0.2) is 27.8 Å². The number of rotatable bonds is 2. The molecule has 2 heterocycles. The predicted molar refractivity (Wildman–Crippen MR) is 76.9 cm³/mol. The fraction of sp³-hybridized carbons (Fsp3) is 0.357. The van der Waals surface area contributed by atoms with E-state index in [0.29, 0.717) is 29.7 Å². The van der Waals surface area contributed by atoms with Gasteiger partial charge >= 0.3 is 5.97 Å². The highest BCUT2D eigenvalue weighted by atomic mass is 79.9. The summed E-state index contributed by atoms with van der Waals surface area (Å²) in [5, 5.41) is 8.34. The summed E-state index contributed by atoms with van der Waals surface area (Å²) in [5.74, 6) is 0.739. The average molecular weight is 354 g/mol. The van der Waals surface area contributed by atoms with Crippen molar-refractivity contribution >= 4 is 21.9 Å². The molecule has 2 aromatic rings. The van der Waals surface area contributed by atoms with E-state index in [-0.39, 0.29) is 17.7 Å². The first-order valence-electron chi connectivity index (χ1n) is 6.55. The first-order valence-corrected chi connectivity index (χ1v) is 7.34. The van der Waals surface area contributed by atoms with Gasteiger partial charge in [-0.1, -0.05) is 0 Å². The Morgan fingerprint density at radius 2 is 2.29 bits per heavy atom. The molecule has 110 valence electrons. The first kappa shape index (κ1) is 14.2. The highest BCUT2D eigenvalue weighted by Crippen LogP contribution is 2.31. The van der Waals surface area contributed by atoms with Crippen LogP contribution in [0.3, 0.4) is 0 Å². The van der Waals surface area contributed by atoms with Crippen LogP contribution in [-0.2, 0) is 22.5 Å². The fourth-order valence-electron chi connectivity index (χ4n) is 2.57. The molecule has 0 saturated carbocycles. The molecule has 21 heavy (non-hydrogen) atoms. The van der Waals surface area contributed by atoms with Crippen LogP contribution in [0.2, 0.25) is 0 Å². The van der Waals surface area contributed by atoms with Crippen LogP contribution in [0, 0.1) is 11.7 Å². The van der Waals surface area contributed by atoms with Crippen LogP contribution < -0.4 is 0 Å². The lowest BCUT2D eigenvalue weighted by molar-refractivity contribution is -0.146. The van der Waals surface area contributed by atoms with E-state index in [4.69, 9.17) is 4.74 Å². The maximum Gasteiger partial charge on any atom is 0.309 e. The number of benzene rings is 1. The van der Waals surface area contributed by atoms with E-state index in [1.165, 1.54) is 19.2 Å². The predicted octanol–water partition coefficient (Wildman–Crippen LogP) is 2.58. The SMILES string of the molecule is COC(=O)C1CCn2c(nnc2-c2ccc(F)cc2Br)C1. The van der Waals surface area contributed by atoms with Crippen LogP contribution >= 0.6 is 15.9 Å². The van der Waals surface area contributed by atoms with Crippen molar-refractivity contribution in [2.24, 2.45) is 5.92 Å². The van der Waals surface area contributed by atoms with Gasteiger partial charge in [-0.2, -0.15) is 0 Å². The lowest BCUT2D eigenvalue weighted by atomic mass is 9.98. The van der Waals surface area contributed by atoms with Crippen molar-refractivity contribution in [1.29, 1.82) is 0 Å². The van der Waals surface area contributed by atoms with E-state index in [0.717, 1.165) is 11.4 Å². The second kappa shape index (κ2) is 5.55. The summed E-state index contributed by atoms with van der Waals surface area (Å²) in [6.07, 6.45) is 1.20. The molecular weight excluding hydrogens is 341 g/mol. The van der Waals surface area contributed by atoms with Crippen molar-refractivity contribution in [2.45, 2.75) is 19.4 Å². The summed E-state index contributed by atoms with van der Waals surface area (Å²) in [4.78, 5) is 11.6. The summed E-state index contributed by atoms with van der Waals surface area (Å²) < 4.78 is 20.6. The number of halogens is 2. The maximum atomic E-state index is 13.2. The number of fused-ring (bicyclic) bond motifs is 1. The van der Waals surface area contributed by atoms with E-state index in [1.807, 2.05) is 4.57 Å². The molecule has 0 saturated heterocycles. The zero-order valence-electron chi connectivity index (χ0n) is 11.3. The third kappa shape index (κ3) is 2.57. The largest absolute Gasteiger partial charge is 0.469 e. The molecule has 0 fully saturated rings. The lowest BCUT2D eigenvalue weighted by Crippen LogP contribution is -2.27. The van der Waals surface area contributed by atoms with Gasteiger partial charge < -0.3 is 9.30 Å². The molecular formula is C14H13BrFN3O2. The molecule has 7 heteroatoms. The van der Waals surface area contributed by atoms with E-state index < -0.39 is 0 Å². The number of esters is 1. The molecule has 5 nitrogen and oxygen atoms in total. The standard InChI is InChI=1S/C14H13BrFN3O2/c1-21-14(20)8-4-5-19-12(6-8)17-18-13(19)10-3-2-9(16)7-11(10)15/h2-3,7-8H,4-6H2,1H3. The summed E-state index contributed by atoms with van der Waals surface area (Å²) in [6.45, 7) is 0.640. The van der Waals surface area contributed by atoms with Gasteiger partial charge in [0.15, 0.2) is 5.82 Å². The number of aromatic nitrogens is 3. The average Bonchev–Trinajstić information content (AvgIpc) is 2.89. The van der Waals surface area contributed by atoms with Gasteiger partial charge in [-0.05, 0) is 40.5 Å². The van der Waals surface area contributed by atoms with E-state index in [1.54, 1.807) is 6.07 Å². The number of ether oxygens (including phenoxy) is 1. The molecule has 0 radical (unpaired) electrons. The third-order valence-corrected chi connectivity index (χ3v) is 4.32. The normalized spacial score (nSPS) is 17.4. The zero-order chi connectivity index (χ0) is 15.0. The Labute approximate surface area is 129 Å². The highest BCUT2D eigenvalue weighted by Gasteiger charge is 2.29. The van der Waals surface area contributed by atoms with Gasteiger partial charge in [-0.25, -0.2) is 4.39 Å². The van der Waals surface area contributed by atoms with Gasteiger partial charge in [0.25, 0.3) is 0 Å². The number of methoxy groups -OCH3 is 1. The van der Waals surface area contributed by atoms with Gasteiger partial charge in [-0.3, -0.25) is 4.79 Å². The molecule has 0 amide bonds. The smallest absolute Gasteiger partial charge is 0.309 e. The Morgan fingerprint density at radius 1 is 1.48 bits per heavy atom. The Hall–Kier alpha value is -1.76. The number of hydrogen-bond donors (Lipinski definition) is 0. The maximum absolute atomic E-state index is 13.2. The molecule has 1 aromatic heterocycles. The minimum Gasteiger partial charge on any atom is -0.469 e. The molecule has 1 atom stereocenters. The van der Waals surface area contributed by atoms with Crippen molar-refractivity contribution in [2.75, 3.05) is 7.11 Å². The summed E-state index contributed by atoms with van der Waals surface area (Å²) >= 11 is 3.35. The Bertz CT molecular complexity index is 702. The monoisotopic (exact) mass is 353 g/mol. The lowest BCUT2D eigenvalue weighted by Gasteiger charge is -2.21. The van der Waals surface area contributed by atoms with Crippen LogP contribution in [0.4, 0.5) is 4.39 Å². The zero-order valence-corrected chi connectivity index (χ0v) is 12.9. The Balaban J connectivity index is 1.95. The molecule has 1 aliphatic heterocycles. The Kier molecular flexibility index (Phi) is 3.75. The van der Waals surface area contributed by atoms with E-state index in [9.17, 15) is 9.18 Å². The Morgan fingerprint density at radius 3 is 3.00 bits per heavy atom. The van der Waals surface area contributed by atoms with Crippen LogP contribution in [0.5, 0.6) is 0 Å². The van der Waals surface area contributed by atoms with E-state index in [2.05, 4.69) is 26.1 Å². The molecule has 0 spiro atoms. The summed E-state index contributed by atoms with van der Waals surface area (Å²) in [5.41, 5.74) is 0.784. The van der Waals surface area contributed by atoms with Crippen LogP contribution in [0.1, 0.15) is 12.2 Å². The third-order valence-electron chi connectivity index (χ3n) is 3.66. The molecule has 0 bridgehead atoms. The second-order valence-corrected chi connectivity index (χ2v) is 5.78.